The van der Waals surface area contributed by atoms with Crippen LogP contribution in [-0.4, -0.2) is 37.6 Å². The van der Waals surface area contributed by atoms with Crippen LogP contribution in [0.3, 0.4) is 0 Å². The lowest BCUT2D eigenvalue weighted by Crippen LogP contribution is -2.14. The standard InChI is InChI=1S/C21H26O6/c1-11-15-8-14(19(23)12(2)22)10-18(26-5)21(15)27-20(11)13-6-7-16(24-3)17(9-13)25-4/h6-12,19-20,22-23H,1-5H3/t11-,12+,19-,20-/m0/s1. The Morgan fingerprint density at radius 1 is 0.926 bits per heavy atom. The van der Waals surface area contributed by atoms with Crippen molar-refractivity contribution in [1.29, 1.82) is 0 Å². The van der Waals surface area contributed by atoms with Crippen LogP contribution in [0, 0.1) is 0 Å². The summed E-state index contributed by atoms with van der Waals surface area (Å²) in [4.78, 5) is 0. The molecule has 1 aliphatic rings. The molecule has 3 rings (SSSR count). The Labute approximate surface area is 159 Å². The van der Waals surface area contributed by atoms with E-state index in [0.717, 1.165) is 11.1 Å². The van der Waals surface area contributed by atoms with Crippen LogP contribution in [0.15, 0.2) is 30.3 Å². The van der Waals surface area contributed by atoms with Crippen molar-refractivity contribution >= 4 is 0 Å². The molecule has 0 fully saturated rings. The van der Waals surface area contributed by atoms with Crippen molar-refractivity contribution in [3.05, 3.63) is 47.0 Å². The van der Waals surface area contributed by atoms with Crippen LogP contribution in [0.25, 0.3) is 0 Å². The van der Waals surface area contributed by atoms with Gasteiger partial charge in [-0.25, -0.2) is 0 Å². The van der Waals surface area contributed by atoms with Crippen LogP contribution in [0.4, 0.5) is 0 Å². The van der Waals surface area contributed by atoms with Crippen molar-refractivity contribution in [1.82, 2.24) is 0 Å². The van der Waals surface area contributed by atoms with Crippen LogP contribution >= 0.6 is 0 Å². The van der Waals surface area contributed by atoms with Crippen molar-refractivity contribution in [2.75, 3.05) is 21.3 Å². The third kappa shape index (κ3) is 3.42. The number of hydrogen-bond acceptors (Lipinski definition) is 6. The number of aliphatic hydroxyl groups excluding tert-OH is 2. The summed E-state index contributed by atoms with van der Waals surface area (Å²) in [7, 11) is 4.76. The summed E-state index contributed by atoms with van der Waals surface area (Å²) in [5.41, 5.74) is 2.49. The van der Waals surface area contributed by atoms with Gasteiger partial charge in [0, 0.05) is 11.5 Å². The average Bonchev–Trinajstić information content (AvgIpc) is 3.02. The molecule has 2 aromatic rings. The maximum absolute atomic E-state index is 10.3. The topological polar surface area (TPSA) is 77.4 Å². The second-order valence-electron chi connectivity index (χ2n) is 6.77. The predicted molar refractivity (Wildman–Crippen MR) is 101 cm³/mol. The summed E-state index contributed by atoms with van der Waals surface area (Å²) < 4.78 is 22.4. The maximum atomic E-state index is 10.3. The number of aliphatic hydroxyl groups is 2. The molecule has 0 aliphatic carbocycles. The van der Waals surface area contributed by atoms with E-state index in [1.54, 1.807) is 34.3 Å². The van der Waals surface area contributed by atoms with Gasteiger partial charge in [0.2, 0.25) is 0 Å². The normalized spacial score (nSPS) is 20.4. The third-order valence-electron chi connectivity index (χ3n) is 5.05. The van der Waals surface area contributed by atoms with Gasteiger partial charge in [0.25, 0.3) is 0 Å². The Balaban J connectivity index is 2.01. The highest BCUT2D eigenvalue weighted by molar-refractivity contribution is 5.56. The fraction of sp³-hybridized carbons (Fsp3) is 0.429. The number of methoxy groups -OCH3 is 3. The lowest BCUT2D eigenvalue weighted by atomic mass is 9.90. The van der Waals surface area contributed by atoms with Crippen LogP contribution in [-0.2, 0) is 0 Å². The van der Waals surface area contributed by atoms with Gasteiger partial charge >= 0.3 is 0 Å². The molecule has 0 radical (unpaired) electrons. The van der Waals surface area contributed by atoms with Gasteiger partial charge < -0.3 is 29.2 Å². The van der Waals surface area contributed by atoms with Gasteiger partial charge in [-0.1, -0.05) is 13.0 Å². The number of fused-ring (bicyclic) bond motifs is 1. The predicted octanol–water partition coefficient (Wildman–Crippen LogP) is 3.36. The van der Waals surface area contributed by atoms with E-state index < -0.39 is 12.2 Å². The average molecular weight is 374 g/mol. The zero-order valence-electron chi connectivity index (χ0n) is 16.2. The van der Waals surface area contributed by atoms with Crippen LogP contribution in [0.2, 0.25) is 0 Å². The van der Waals surface area contributed by atoms with Gasteiger partial charge in [-0.3, -0.25) is 0 Å². The summed E-state index contributed by atoms with van der Waals surface area (Å²) in [5, 5.41) is 20.0. The highest BCUT2D eigenvalue weighted by atomic mass is 16.5. The molecular formula is C21H26O6. The quantitative estimate of drug-likeness (QED) is 0.807. The Bertz CT molecular complexity index is 817. The van der Waals surface area contributed by atoms with E-state index in [9.17, 15) is 10.2 Å². The summed E-state index contributed by atoms with van der Waals surface area (Å²) >= 11 is 0. The Kier molecular flexibility index (Phi) is 5.48. The fourth-order valence-corrected chi connectivity index (χ4v) is 3.49. The van der Waals surface area contributed by atoms with Crippen LogP contribution in [0.5, 0.6) is 23.0 Å². The second-order valence-corrected chi connectivity index (χ2v) is 6.77. The monoisotopic (exact) mass is 374 g/mol. The molecule has 4 atom stereocenters. The maximum Gasteiger partial charge on any atom is 0.165 e. The molecule has 0 saturated heterocycles. The first-order chi connectivity index (χ1) is 12.9. The minimum Gasteiger partial charge on any atom is -0.493 e. The minimum atomic E-state index is -0.989. The largest absolute Gasteiger partial charge is 0.493 e. The molecule has 1 aliphatic heterocycles. The van der Waals surface area contributed by atoms with Crippen LogP contribution in [0.1, 0.15) is 48.7 Å². The number of rotatable bonds is 6. The number of ether oxygens (including phenoxy) is 4. The Hall–Kier alpha value is -2.44. The molecule has 1 heterocycles. The van der Waals surface area contributed by atoms with Gasteiger partial charge in [0.15, 0.2) is 23.0 Å². The van der Waals surface area contributed by atoms with E-state index in [4.69, 9.17) is 18.9 Å². The first-order valence-corrected chi connectivity index (χ1v) is 8.87. The van der Waals surface area contributed by atoms with Crippen molar-refractivity contribution < 1.29 is 29.2 Å². The van der Waals surface area contributed by atoms with E-state index >= 15 is 0 Å². The molecule has 0 bridgehead atoms. The smallest absolute Gasteiger partial charge is 0.165 e. The highest BCUT2D eigenvalue weighted by Gasteiger charge is 2.36. The SMILES string of the molecule is COc1ccc([C@H]2Oc3c(OC)cc([C@@H](O)[C@@H](C)O)cc3[C@@H]2C)cc1OC. The number of benzene rings is 2. The summed E-state index contributed by atoms with van der Waals surface area (Å²) in [6.45, 7) is 3.61. The summed E-state index contributed by atoms with van der Waals surface area (Å²) in [5.74, 6) is 2.51. The van der Waals surface area contributed by atoms with E-state index in [0.29, 0.717) is 28.6 Å². The zero-order chi connectivity index (χ0) is 19.7. The van der Waals surface area contributed by atoms with Crippen molar-refractivity contribution in [2.45, 2.75) is 38.1 Å². The Morgan fingerprint density at radius 2 is 1.59 bits per heavy atom. The summed E-state index contributed by atoms with van der Waals surface area (Å²) in [6.07, 6.45) is -2.10. The van der Waals surface area contributed by atoms with Gasteiger partial charge in [-0.2, -0.15) is 0 Å². The first-order valence-electron chi connectivity index (χ1n) is 8.87. The molecule has 6 heteroatoms. The third-order valence-corrected chi connectivity index (χ3v) is 5.05. The van der Waals surface area contributed by atoms with Crippen LogP contribution < -0.4 is 18.9 Å². The van der Waals surface area contributed by atoms with Gasteiger partial charge in [0.05, 0.1) is 27.4 Å². The fourth-order valence-electron chi connectivity index (χ4n) is 3.49. The Morgan fingerprint density at radius 3 is 2.19 bits per heavy atom. The molecule has 2 N–H and O–H groups in total. The molecule has 2 aromatic carbocycles. The minimum absolute atomic E-state index is 0.0214. The van der Waals surface area contributed by atoms with Gasteiger partial charge in [-0.15, -0.1) is 0 Å². The molecule has 0 saturated carbocycles. The second kappa shape index (κ2) is 7.66. The lowest BCUT2D eigenvalue weighted by molar-refractivity contribution is 0.0304. The van der Waals surface area contributed by atoms with Gasteiger partial charge in [0.1, 0.15) is 12.2 Å². The van der Waals surface area contributed by atoms with Gasteiger partial charge in [-0.05, 0) is 42.3 Å². The molecule has 6 nitrogen and oxygen atoms in total. The van der Waals surface area contributed by atoms with Crippen molar-refractivity contribution in [3.8, 4) is 23.0 Å². The molecular weight excluding hydrogens is 348 g/mol. The molecule has 0 amide bonds. The number of hydrogen-bond donors (Lipinski definition) is 2. The van der Waals surface area contributed by atoms with Crippen molar-refractivity contribution in [2.24, 2.45) is 0 Å². The van der Waals surface area contributed by atoms with E-state index in [2.05, 4.69) is 6.92 Å². The zero-order valence-corrected chi connectivity index (χ0v) is 16.2. The molecule has 27 heavy (non-hydrogen) atoms. The molecule has 146 valence electrons. The van der Waals surface area contributed by atoms with Crippen molar-refractivity contribution in [3.63, 3.8) is 0 Å². The highest BCUT2D eigenvalue weighted by Crippen LogP contribution is 2.51. The van der Waals surface area contributed by atoms with E-state index in [-0.39, 0.29) is 12.0 Å². The first kappa shape index (κ1) is 19.3. The molecule has 0 spiro atoms. The summed E-state index contributed by atoms with van der Waals surface area (Å²) in [6, 6.07) is 9.30. The molecule has 0 unspecified atom stereocenters. The van der Waals surface area contributed by atoms with E-state index in [1.165, 1.54) is 0 Å². The van der Waals surface area contributed by atoms with E-state index in [1.807, 2.05) is 24.3 Å². The molecule has 0 aromatic heterocycles. The lowest BCUT2D eigenvalue weighted by Gasteiger charge is -2.18.